The molecule has 1 unspecified atom stereocenters. The Morgan fingerprint density at radius 1 is 1.83 bits per heavy atom. The van der Waals surface area contributed by atoms with Gasteiger partial charge in [0.25, 0.3) is 0 Å². The number of nitrogens with zero attached hydrogens (tertiary/aromatic N) is 1. The molecule has 1 rings (SSSR count). The van der Waals surface area contributed by atoms with E-state index < -0.39 is 0 Å². The summed E-state index contributed by atoms with van der Waals surface area (Å²) >= 11 is 0. The summed E-state index contributed by atoms with van der Waals surface area (Å²) in [7, 11) is 2.39. The first kappa shape index (κ1) is 3.82. The maximum absolute atomic E-state index is 4.69. The smallest absolute Gasteiger partial charge is 0.181 e. The minimum absolute atomic E-state index is 0.773. The number of hydrogen-bond donors (Lipinski definition) is 0. The number of rotatable bonds is 0. The van der Waals surface area contributed by atoms with Gasteiger partial charge in [-0.2, -0.15) is 0 Å². The third kappa shape index (κ3) is 0.575. The van der Waals surface area contributed by atoms with E-state index in [0.717, 1.165) is 5.50 Å². The molecule has 0 aliphatic heterocycles. The Morgan fingerprint density at radius 3 is 2.83 bits per heavy atom. The van der Waals surface area contributed by atoms with Crippen LogP contribution in [-0.4, -0.2) is 4.98 Å². The number of hydrogen-bond acceptors (Lipinski definition) is 2. The van der Waals surface area contributed by atoms with Crippen LogP contribution in [0.5, 0.6) is 0 Å². The first-order chi connectivity index (χ1) is 2.89. The largest absolute Gasteiger partial charge is 0.445 e. The molecule has 0 bridgehead atoms. The second-order valence-corrected chi connectivity index (χ2v) is 1.47. The standard InChI is InChI=1S/C3H4NOP/c6-3-1-4-2-5-3/h1-2H,6H2. The Kier molecular flexibility index (Phi) is 0.887. The van der Waals surface area contributed by atoms with E-state index >= 15 is 0 Å². The van der Waals surface area contributed by atoms with Crippen LogP contribution in [0.3, 0.4) is 0 Å². The molecule has 0 aliphatic rings. The van der Waals surface area contributed by atoms with Gasteiger partial charge in [0, 0.05) is 0 Å². The van der Waals surface area contributed by atoms with Crippen molar-refractivity contribution in [2.75, 3.05) is 0 Å². The fraction of sp³-hybridized carbons (Fsp3) is 0. The molecule has 2 nitrogen and oxygen atoms in total. The zero-order chi connectivity index (χ0) is 4.41. The van der Waals surface area contributed by atoms with Crippen molar-refractivity contribution < 1.29 is 4.42 Å². The predicted octanol–water partition coefficient (Wildman–Crippen LogP) is 0.175. The van der Waals surface area contributed by atoms with Gasteiger partial charge in [0.15, 0.2) is 6.39 Å². The topological polar surface area (TPSA) is 26.0 Å². The van der Waals surface area contributed by atoms with Gasteiger partial charge in [0.1, 0.15) is 5.50 Å². The van der Waals surface area contributed by atoms with Gasteiger partial charge in [-0.15, -0.1) is 0 Å². The van der Waals surface area contributed by atoms with Gasteiger partial charge in [-0.1, -0.05) is 9.24 Å². The molecule has 6 heavy (non-hydrogen) atoms. The molecular weight excluding hydrogens is 97.0 g/mol. The molecule has 0 saturated heterocycles. The Balaban J connectivity index is 3.05. The van der Waals surface area contributed by atoms with Gasteiger partial charge in [0.2, 0.25) is 0 Å². The predicted molar refractivity (Wildman–Crippen MR) is 25.8 cm³/mol. The van der Waals surface area contributed by atoms with Crippen LogP contribution in [0.15, 0.2) is 17.0 Å². The molecule has 0 spiro atoms. The highest BCUT2D eigenvalue weighted by atomic mass is 31.0. The summed E-state index contributed by atoms with van der Waals surface area (Å²) in [5, 5.41) is 0. The molecule has 0 amide bonds. The molecule has 1 aromatic rings. The molecule has 32 valence electrons. The fourth-order valence-electron chi connectivity index (χ4n) is 0.226. The van der Waals surface area contributed by atoms with Crippen LogP contribution >= 0.6 is 9.24 Å². The van der Waals surface area contributed by atoms with E-state index in [1.807, 2.05) is 0 Å². The van der Waals surface area contributed by atoms with Crippen LogP contribution in [-0.2, 0) is 0 Å². The molecule has 0 aromatic carbocycles. The van der Waals surface area contributed by atoms with Crippen molar-refractivity contribution in [1.82, 2.24) is 4.98 Å². The van der Waals surface area contributed by atoms with Crippen molar-refractivity contribution in [2.45, 2.75) is 0 Å². The molecule has 0 radical (unpaired) electrons. The third-order valence-electron chi connectivity index (χ3n) is 0.451. The van der Waals surface area contributed by atoms with Crippen molar-refractivity contribution in [1.29, 1.82) is 0 Å². The van der Waals surface area contributed by atoms with Gasteiger partial charge in [-0.3, -0.25) is 0 Å². The third-order valence-corrected chi connectivity index (χ3v) is 0.737. The van der Waals surface area contributed by atoms with Crippen molar-refractivity contribution >= 4 is 14.7 Å². The van der Waals surface area contributed by atoms with Gasteiger partial charge < -0.3 is 4.42 Å². The van der Waals surface area contributed by atoms with Gasteiger partial charge in [-0.05, 0) is 0 Å². The second kappa shape index (κ2) is 1.39. The molecule has 3 heteroatoms. The fourth-order valence-corrected chi connectivity index (χ4v) is 0.373. The second-order valence-electron chi connectivity index (χ2n) is 0.904. The highest BCUT2D eigenvalue weighted by Gasteiger charge is 1.77. The van der Waals surface area contributed by atoms with Crippen LogP contribution < -0.4 is 5.50 Å². The van der Waals surface area contributed by atoms with Crippen molar-refractivity contribution in [3.63, 3.8) is 0 Å². The van der Waals surface area contributed by atoms with E-state index in [1.165, 1.54) is 6.39 Å². The number of oxazole rings is 1. The summed E-state index contributed by atoms with van der Waals surface area (Å²) < 4.78 is 4.69. The lowest BCUT2D eigenvalue weighted by Gasteiger charge is -1.66. The summed E-state index contributed by atoms with van der Waals surface area (Å²) in [5.41, 5.74) is 0.773. The Hall–Kier alpha value is -0.360. The molecule has 1 atom stereocenters. The molecule has 1 heterocycles. The quantitative estimate of drug-likeness (QED) is 0.435. The van der Waals surface area contributed by atoms with E-state index in [4.69, 9.17) is 0 Å². The van der Waals surface area contributed by atoms with Crippen LogP contribution in [0.2, 0.25) is 0 Å². The highest BCUT2D eigenvalue weighted by molar-refractivity contribution is 7.26. The summed E-state index contributed by atoms with van der Waals surface area (Å²) in [6, 6.07) is 0. The molecule has 1 aromatic heterocycles. The van der Waals surface area contributed by atoms with E-state index in [2.05, 4.69) is 18.6 Å². The summed E-state index contributed by atoms with van der Waals surface area (Å²) in [4.78, 5) is 3.63. The van der Waals surface area contributed by atoms with E-state index in [1.54, 1.807) is 6.20 Å². The Morgan fingerprint density at radius 2 is 2.67 bits per heavy atom. The Labute approximate surface area is 37.8 Å². The minimum atomic E-state index is 0.773. The zero-order valence-electron chi connectivity index (χ0n) is 3.09. The van der Waals surface area contributed by atoms with Crippen LogP contribution in [0.25, 0.3) is 0 Å². The maximum Gasteiger partial charge on any atom is 0.181 e. The van der Waals surface area contributed by atoms with Crippen molar-refractivity contribution in [2.24, 2.45) is 0 Å². The molecule has 0 saturated carbocycles. The molecule has 0 aliphatic carbocycles. The van der Waals surface area contributed by atoms with Gasteiger partial charge >= 0.3 is 0 Å². The average molecular weight is 101 g/mol. The van der Waals surface area contributed by atoms with Gasteiger partial charge in [0.05, 0.1) is 6.20 Å². The molecular formula is C3H4NOP. The van der Waals surface area contributed by atoms with Crippen LogP contribution in [0, 0.1) is 0 Å². The first-order valence-corrected chi connectivity index (χ1v) is 2.11. The SMILES string of the molecule is Pc1cnco1. The lowest BCUT2D eigenvalue weighted by molar-refractivity contribution is 0.592. The molecule has 0 N–H and O–H groups in total. The lowest BCUT2D eigenvalue weighted by Crippen LogP contribution is -1.75. The van der Waals surface area contributed by atoms with Crippen LogP contribution in [0.4, 0.5) is 0 Å². The summed E-state index contributed by atoms with van der Waals surface area (Å²) in [6.07, 6.45) is 3.02. The monoisotopic (exact) mass is 101 g/mol. The number of aromatic nitrogens is 1. The summed E-state index contributed by atoms with van der Waals surface area (Å²) in [5.74, 6) is 0. The van der Waals surface area contributed by atoms with E-state index in [-0.39, 0.29) is 0 Å². The average Bonchev–Trinajstić information content (AvgIpc) is 1.86. The highest BCUT2D eigenvalue weighted by Crippen LogP contribution is 1.81. The first-order valence-electron chi connectivity index (χ1n) is 1.53. The van der Waals surface area contributed by atoms with Crippen LogP contribution in [0.1, 0.15) is 0 Å². The van der Waals surface area contributed by atoms with Crippen molar-refractivity contribution in [3.05, 3.63) is 12.6 Å². The zero-order valence-corrected chi connectivity index (χ0v) is 4.24. The maximum atomic E-state index is 4.69. The van der Waals surface area contributed by atoms with E-state index in [9.17, 15) is 0 Å². The normalized spacial score (nSPS) is 8.83. The van der Waals surface area contributed by atoms with Crippen molar-refractivity contribution in [3.8, 4) is 0 Å². The lowest BCUT2D eigenvalue weighted by atomic mass is 11.0. The minimum Gasteiger partial charge on any atom is -0.445 e. The summed E-state index contributed by atoms with van der Waals surface area (Å²) in [6.45, 7) is 0. The Bertz CT molecular complexity index is 114. The van der Waals surface area contributed by atoms with E-state index in [0.29, 0.717) is 0 Å². The molecule has 0 fully saturated rings. The van der Waals surface area contributed by atoms with Gasteiger partial charge in [-0.25, -0.2) is 4.98 Å².